The van der Waals surface area contributed by atoms with Crippen molar-refractivity contribution in [2.75, 3.05) is 13.2 Å². The van der Waals surface area contributed by atoms with Gasteiger partial charge in [-0.1, -0.05) is 54.6 Å². The molecule has 0 aliphatic carbocycles. The molecule has 0 spiro atoms. The molecular formula is C26H26N2O. The number of aliphatic hydroxyl groups excluding tert-OH is 1. The first-order chi connectivity index (χ1) is 14.3. The molecule has 0 saturated carbocycles. The maximum Gasteiger partial charge on any atom is 0.0587 e. The number of aromatic nitrogens is 1. The summed E-state index contributed by atoms with van der Waals surface area (Å²) in [5, 5.41) is 10.8. The minimum Gasteiger partial charge on any atom is -0.395 e. The smallest absolute Gasteiger partial charge is 0.0587 e. The van der Waals surface area contributed by atoms with Crippen LogP contribution in [0.4, 0.5) is 0 Å². The predicted octanol–water partition coefficient (Wildman–Crippen LogP) is 5.46. The standard InChI is InChI=1S/C26H26N2O/c29-18-25-10-5-13-28(25)17-24-16-23-15-22(11-12-26(23)27-24)21-9-4-8-20(14-21)19-6-2-1-3-7-19/h1-4,6-9,11-12,14-16,25,27,29H,5,10,13,17-18H2/t25-/m1/s1. The zero-order chi connectivity index (χ0) is 19.6. The molecule has 3 aromatic carbocycles. The van der Waals surface area contributed by atoms with Gasteiger partial charge in [-0.15, -0.1) is 0 Å². The van der Waals surface area contributed by atoms with Crippen LogP contribution in [-0.2, 0) is 6.54 Å². The second-order valence-electron chi connectivity index (χ2n) is 7.99. The monoisotopic (exact) mass is 382 g/mol. The topological polar surface area (TPSA) is 39.3 Å². The van der Waals surface area contributed by atoms with E-state index in [-0.39, 0.29) is 6.61 Å². The summed E-state index contributed by atoms with van der Waals surface area (Å²) in [5.74, 6) is 0. The van der Waals surface area contributed by atoms with Crippen LogP contribution in [-0.4, -0.2) is 34.2 Å². The number of hydrogen-bond donors (Lipinski definition) is 2. The number of nitrogens with one attached hydrogen (secondary N) is 1. The molecule has 4 aromatic rings. The van der Waals surface area contributed by atoms with Crippen molar-refractivity contribution in [1.82, 2.24) is 9.88 Å². The fourth-order valence-electron chi connectivity index (χ4n) is 4.50. The van der Waals surface area contributed by atoms with Crippen molar-refractivity contribution in [3.05, 3.63) is 84.6 Å². The van der Waals surface area contributed by atoms with Gasteiger partial charge in [0.05, 0.1) is 6.61 Å². The SMILES string of the molecule is OC[C@H]1CCCN1Cc1cc2cc(-c3cccc(-c4ccccc4)c3)ccc2[nH]1. The Morgan fingerprint density at radius 2 is 1.59 bits per heavy atom. The lowest BCUT2D eigenvalue weighted by molar-refractivity contribution is 0.152. The van der Waals surface area contributed by atoms with Gasteiger partial charge in [0.2, 0.25) is 0 Å². The molecule has 5 rings (SSSR count). The van der Waals surface area contributed by atoms with E-state index in [1.165, 1.54) is 45.3 Å². The quantitative estimate of drug-likeness (QED) is 0.481. The van der Waals surface area contributed by atoms with Gasteiger partial charge in [0.15, 0.2) is 0 Å². The van der Waals surface area contributed by atoms with Gasteiger partial charge in [-0.2, -0.15) is 0 Å². The molecule has 3 nitrogen and oxygen atoms in total. The van der Waals surface area contributed by atoms with Crippen molar-refractivity contribution in [3.63, 3.8) is 0 Å². The molecular weight excluding hydrogens is 356 g/mol. The number of aliphatic hydroxyl groups is 1. The fraction of sp³-hybridized carbons (Fsp3) is 0.231. The molecule has 0 amide bonds. The molecule has 1 aromatic heterocycles. The summed E-state index contributed by atoms with van der Waals surface area (Å²) in [6.07, 6.45) is 2.27. The zero-order valence-corrected chi connectivity index (χ0v) is 16.5. The van der Waals surface area contributed by atoms with Crippen molar-refractivity contribution in [1.29, 1.82) is 0 Å². The minimum absolute atomic E-state index is 0.252. The van der Waals surface area contributed by atoms with Crippen molar-refractivity contribution in [2.45, 2.75) is 25.4 Å². The third-order valence-electron chi connectivity index (χ3n) is 6.06. The summed E-state index contributed by atoms with van der Waals surface area (Å²) in [6, 6.07) is 28.5. The highest BCUT2D eigenvalue weighted by Gasteiger charge is 2.24. The minimum atomic E-state index is 0.252. The van der Waals surface area contributed by atoms with Gasteiger partial charge in [0.25, 0.3) is 0 Å². The second-order valence-corrected chi connectivity index (χ2v) is 7.99. The van der Waals surface area contributed by atoms with Crippen LogP contribution >= 0.6 is 0 Å². The van der Waals surface area contributed by atoms with E-state index in [4.69, 9.17) is 0 Å². The van der Waals surface area contributed by atoms with Crippen LogP contribution < -0.4 is 0 Å². The van der Waals surface area contributed by atoms with E-state index in [9.17, 15) is 5.11 Å². The van der Waals surface area contributed by atoms with Crippen LogP contribution in [0.25, 0.3) is 33.2 Å². The van der Waals surface area contributed by atoms with Gasteiger partial charge in [0.1, 0.15) is 0 Å². The lowest BCUT2D eigenvalue weighted by Crippen LogP contribution is -2.31. The molecule has 3 heteroatoms. The molecule has 2 N–H and O–H groups in total. The number of hydrogen-bond acceptors (Lipinski definition) is 2. The van der Waals surface area contributed by atoms with E-state index in [0.717, 1.165) is 19.5 Å². The Bertz CT molecular complexity index is 1120. The molecule has 1 aliphatic rings. The normalized spacial score (nSPS) is 17.2. The van der Waals surface area contributed by atoms with Gasteiger partial charge in [-0.05, 0) is 65.9 Å². The molecule has 0 radical (unpaired) electrons. The number of aromatic amines is 1. The van der Waals surface area contributed by atoms with Crippen LogP contribution in [0.2, 0.25) is 0 Å². The van der Waals surface area contributed by atoms with Crippen LogP contribution in [0.5, 0.6) is 0 Å². The Hall–Kier alpha value is -2.88. The lowest BCUT2D eigenvalue weighted by atomic mass is 9.98. The number of H-pyrrole nitrogens is 1. The summed E-state index contributed by atoms with van der Waals surface area (Å²) in [6.45, 7) is 2.19. The third-order valence-corrected chi connectivity index (χ3v) is 6.06. The van der Waals surface area contributed by atoms with E-state index in [1.54, 1.807) is 0 Å². The highest BCUT2D eigenvalue weighted by Crippen LogP contribution is 2.29. The number of nitrogens with zero attached hydrogens (tertiary/aromatic N) is 1. The van der Waals surface area contributed by atoms with Crippen molar-refractivity contribution < 1.29 is 5.11 Å². The molecule has 0 unspecified atom stereocenters. The lowest BCUT2D eigenvalue weighted by Gasteiger charge is -2.21. The van der Waals surface area contributed by atoms with Crippen LogP contribution in [0.15, 0.2) is 78.9 Å². The molecule has 1 fully saturated rings. The highest BCUT2D eigenvalue weighted by atomic mass is 16.3. The maximum absolute atomic E-state index is 9.57. The largest absolute Gasteiger partial charge is 0.395 e. The van der Waals surface area contributed by atoms with Gasteiger partial charge >= 0.3 is 0 Å². The first-order valence-corrected chi connectivity index (χ1v) is 10.4. The maximum atomic E-state index is 9.57. The zero-order valence-electron chi connectivity index (χ0n) is 16.5. The van der Waals surface area contributed by atoms with Crippen LogP contribution in [0.1, 0.15) is 18.5 Å². The van der Waals surface area contributed by atoms with Crippen molar-refractivity contribution in [2.24, 2.45) is 0 Å². The van der Waals surface area contributed by atoms with Crippen LogP contribution in [0, 0.1) is 0 Å². The molecule has 1 aliphatic heterocycles. The molecule has 146 valence electrons. The van der Waals surface area contributed by atoms with E-state index in [2.05, 4.69) is 88.7 Å². The number of likely N-dealkylation sites (tertiary alicyclic amines) is 1. The van der Waals surface area contributed by atoms with Crippen LogP contribution in [0.3, 0.4) is 0 Å². The van der Waals surface area contributed by atoms with Crippen molar-refractivity contribution >= 4 is 10.9 Å². The first-order valence-electron chi connectivity index (χ1n) is 10.4. The number of benzene rings is 3. The summed E-state index contributed by atoms with van der Waals surface area (Å²) in [4.78, 5) is 5.94. The van der Waals surface area contributed by atoms with Gasteiger partial charge < -0.3 is 10.1 Å². The van der Waals surface area contributed by atoms with E-state index in [1.807, 2.05) is 0 Å². The van der Waals surface area contributed by atoms with E-state index in [0.29, 0.717) is 6.04 Å². The third kappa shape index (κ3) is 3.71. The second kappa shape index (κ2) is 7.86. The number of rotatable bonds is 5. The highest BCUT2D eigenvalue weighted by molar-refractivity contribution is 5.86. The van der Waals surface area contributed by atoms with Crippen molar-refractivity contribution in [3.8, 4) is 22.3 Å². The van der Waals surface area contributed by atoms with Gasteiger partial charge in [-0.25, -0.2) is 0 Å². The molecule has 1 atom stereocenters. The molecule has 29 heavy (non-hydrogen) atoms. The first kappa shape index (κ1) is 18.2. The summed E-state index contributed by atoms with van der Waals surface area (Å²) in [7, 11) is 0. The Morgan fingerprint density at radius 1 is 0.828 bits per heavy atom. The Labute approximate surface area is 171 Å². The van der Waals surface area contributed by atoms with Gasteiger partial charge in [-0.3, -0.25) is 4.90 Å². The molecule has 1 saturated heterocycles. The Morgan fingerprint density at radius 3 is 2.41 bits per heavy atom. The average Bonchev–Trinajstić information content (AvgIpc) is 3.40. The Balaban J connectivity index is 1.43. The van der Waals surface area contributed by atoms with E-state index >= 15 is 0 Å². The molecule has 0 bridgehead atoms. The summed E-state index contributed by atoms with van der Waals surface area (Å²) < 4.78 is 0. The summed E-state index contributed by atoms with van der Waals surface area (Å²) in [5.41, 5.74) is 7.33. The average molecular weight is 383 g/mol. The fourth-order valence-corrected chi connectivity index (χ4v) is 4.50. The number of fused-ring (bicyclic) bond motifs is 1. The van der Waals surface area contributed by atoms with E-state index < -0.39 is 0 Å². The summed E-state index contributed by atoms with van der Waals surface area (Å²) >= 11 is 0. The Kier molecular flexibility index (Phi) is 4.92. The van der Waals surface area contributed by atoms with Gasteiger partial charge in [0, 0.05) is 29.2 Å². The molecule has 2 heterocycles. The predicted molar refractivity (Wildman–Crippen MR) is 120 cm³/mol.